The average molecular weight is 352 g/mol. The molecule has 1 aliphatic carbocycles. The smallest absolute Gasteiger partial charge is 0.137 e. The summed E-state index contributed by atoms with van der Waals surface area (Å²) in [7, 11) is 0. The van der Waals surface area contributed by atoms with Crippen LogP contribution in [-0.4, -0.2) is 42.7 Å². The molecular formula is C19H24N6O. The fourth-order valence-corrected chi connectivity index (χ4v) is 3.71. The molecule has 26 heavy (non-hydrogen) atoms. The van der Waals surface area contributed by atoms with Gasteiger partial charge in [-0.15, -0.1) is 0 Å². The van der Waals surface area contributed by atoms with Crippen LogP contribution in [0.2, 0.25) is 0 Å². The molecule has 4 rings (SSSR count). The Labute approximate surface area is 152 Å². The van der Waals surface area contributed by atoms with Crippen molar-refractivity contribution in [2.45, 2.75) is 38.0 Å². The summed E-state index contributed by atoms with van der Waals surface area (Å²) in [6.45, 7) is 2.32. The summed E-state index contributed by atoms with van der Waals surface area (Å²) in [5.74, 6) is 1.39. The van der Waals surface area contributed by atoms with Crippen molar-refractivity contribution in [3.8, 4) is 0 Å². The van der Waals surface area contributed by atoms with Crippen molar-refractivity contribution in [3.63, 3.8) is 0 Å². The van der Waals surface area contributed by atoms with Crippen LogP contribution in [0.25, 0.3) is 0 Å². The molecule has 1 saturated carbocycles. The molecular weight excluding hydrogens is 328 g/mol. The molecule has 0 spiro atoms. The highest BCUT2D eigenvalue weighted by Gasteiger charge is 2.34. The van der Waals surface area contributed by atoms with Crippen LogP contribution < -0.4 is 5.32 Å². The van der Waals surface area contributed by atoms with Crippen molar-refractivity contribution in [3.05, 3.63) is 66.0 Å². The van der Waals surface area contributed by atoms with Crippen molar-refractivity contribution in [2.75, 3.05) is 6.54 Å². The first-order valence-electron chi connectivity index (χ1n) is 9.07. The molecule has 0 bridgehead atoms. The molecule has 3 aromatic rings. The lowest BCUT2D eigenvalue weighted by molar-refractivity contribution is 0.131. The number of nitrogens with one attached hydrogen (secondary N) is 2. The molecule has 1 aromatic carbocycles. The van der Waals surface area contributed by atoms with E-state index < -0.39 is 0 Å². The predicted octanol–water partition coefficient (Wildman–Crippen LogP) is 1.69. The highest BCUT2D eigenvalue weighted by Crippen LogP contribution is 2.36. The van der Waals surface area contributed by atoms with E-state index in [0.29, 0.717) is 0 Å². The number of rotatable bonds is 7. The number of hydrogen-bond acceptors (Lipinski definition) is 5. The van der Waals surface area contributed by atoms with Crippen LogP contribution in [0.5, 0.6) is 0 Å². The highest BCUT2D eigenvalue weighted by molar-refractivity contribution is 5.15. The molecule has 3 atom stereocenters. The molecule has 2 aromatic heterocycles. The zero-order chi connectivity index (χ0) is 17.8. The van der Waals surface area contributed by atoms with Crippen LogP contribution in [0, 0.1) is 5.92 Å². The Hall–Kier alpha value is -2.51. The quantitative estimate of drug-likeness (QED) is 0.602. The van der Waals surface area contributed by atoms with Crippen molar-refractivity contribution in [1.82, 2.24) is 30.3 Å². The lowest BCUT2D eigenvalue weighted by Gasteiger charge is -2.14. The van der Waals surface area contributed by atoms with Gasteiger partial charge in [0.15, 0.2) is 0 Å². The second-order valence-corrected chi connectivity index (χ2v) is 7.03. The third kappa shape index (κ3) is 4.00. The molecule has 136 valence electrons. The van der Waals surface area contributed by atoms with Crippen LogP contribution in [0.1, 0.15) is 35.7 Å². The minimum Gasteiger partial charge on any atom is -0.393 e. The van der Waals surface area contributed by atoms with E-state index in [9.17, 15) is 5.11 Å². The molecule has 7 nitrogen and oxygen atoms in total. The Bertz CT molecular complexity index is 801. The van der Waals surface area contributed by atoms with Crippen LogP contribution in [0.3, 0.4) is 0 Å². The van der Waals surface area contributed by atoms with E-state index in [2.05, 4.69) is 43.9 Å². The maximum absolute atomic E-state index is 10.3. The van der Waals surface area contributed by atoms with Crippen molar-refractivity contribution < 1.29 is 5.11 Å². The molecule has 3 N–H and O–H groups in total. The van der Waals surface area contributed by atoms with Gasteiger partial charge in [-0.1, -0.05) is 30.3 Å². The number of aliphatic hydroxyl groups is 1. The van der Waals surface area contributed by atoms with E-state index >= 15 is 0 Å². The Morgan fingerprint density at radius 2 is 2.08 bits per heavy atom. The van der Waals surface area contributed by atoms with Gasteiger partial charge in [0.25, 0.3) is 0 Å². The molecule has 0 radical (unpaired) electrons. The van der Waals surface area contributed by atoms with E-state index in [1.807, 2.05) is 29.1 Å². The normalized spacial score (nSPS) is 22.7. The summed E-state index contributed by atoms with van der Waals surface area (Å²) in [5.41, 5.74) is 2.39. The van der Waals surface area contributed by atoms with Gasteiger partial charge in [0.1, 0.15) is 12.2 Å². The maximum atomic E-state index is 10.3. The number of aliphatic hydroxyl groups excluding tert-OH is 1. The number of nitrogens with zero attached hydrogens (tertiary/aromatic N) is 4. The lowest BCUT2D eigenvalue weighted by atomic mass is 10.0. The fourth-order valence-electron chi connectivity index (χ4n) is 3.71. The van der Waals surface area contributed by atoms with E-state index in [-0.39, 0.29) is 17.9 Å². The first-order valence-corrected chi connectivity index (χ1v) is 9.07. The first-order chi connectivity index (χ1) is 12.8. The zero-order valence-electron chi connectivity index (χ0n) is 14.6. The summed E-state index contributed by atoms with van der Waals surface area (Å²) in [6, 6.07) is 10.3. The van der Waals surface area contributed by atoms with Crippen LogP contribution in [-0.2, 0) is 13.1 Å². The largest absolute Gasteiger partial charge is 0.393 e. The van der Waals surface area contributed by atoms with Gasteiger partial charge < -0.3 is 10.4 Å². The maximum Gasteiger partial charge on any atom is 0.137 e. The number of aromatic nitrogens is 5. The topological polar surface area (TPSA) is 91.7 Å². The highest BCUT2D eigenvalue weighted by atomic mass is 16.3. The van der Waals surface area contributed by atoms with Crippen molar-refractivity contribution in [1.29, 1.82) is 0 Å². The Kier molecular flexibility index (Phi) is 5.08. The average Bonchev–Trinajstić information content (AvgIpc) is 3.38. The zero-order valence-corrected chi connectivity index (χ0v) is 14.6. The number of aromatic amines is 1. The van der Waals surface area contributed by atoms with Gasteiger partial charge in [-0.25, -0.2) is 4.98 Å². The fraction of sp³-hybridized carbons (Fsp3) is 0.421. The predicted molar refractivity (Wildman–Crippen MR) is 97.3 cm³/mol. The molecule has 7 heteroatoms. The summed E-state index contributed by atoms with van der Waals surface area (Å²) in [4.78, 5) is 4.22. The third-order valence-electron chi connectivity index (χ3n) is 5.09. The molecule has 1 aliphatic rings. The lowest BCUT2D eigenvalue weighted by Crippen LogP contribution is -2.27. The number of hydrogen-bond donors (Lipinski definition) is 3. The summed E-state index contributed by atoms with van der Waals surface area (Å²) >= 11 is 0. The standard InChI is InChI=1S/C19H24N6O/c26-18-7-16(19-21-13-22-24-19)6-17(18)10-20-8-15-9-23-25(12-15)11-14-4-2-1-3-5-14/h1-5,9,12-13,16-18,20,26H,6-8,10-11H2,(H,21,22,24)/t16?,17-,18-/m1/s1. The minimum atomic E-state index is -0.293. The molecule has 0 aliphatic heterocycles. The van der Waals surface area contributed by atoms with Gasteiger partial charge >= 0.3 is 0 Å². The van der Waals surface area contributed by atoms with Gasteiger partial charge in [-0.2, -0.15) is 10.2 Å². The second-order valence-electron chi connectivity index (χ2n) is 7.03. The second kappa shape index (κ2) is 7.80. The molecule has 0 saturated heterocycles. The first kappa shape index (κ1) is 16.9. The van der Waals surface area contributed by atoms with Gasteiger partial charge in [-0.05, 0) is 24.3 Å². The van der Waals surface area contributed by atoms with E-state index in [0.717, 1.165) is 43.9 Å². The van der Waals surface area contributed by atoms with E-state index in [1.54, 1.807) is 0 Å². The van der Waals surface area contributed by atoms with Crippen molar-refractivity contribution in [2.24, 2.45) is 5.92 Å². The Morgan fingerprint density at radius 3 is 2.88 bits per heavy atom. The van der Waals surface area contributed by atoms with Crippen LogP contribution in [0.4, 0.5) is 0 Å². The van der Waals surface area contributed by atoms with Gasteiger partial charge in [0.05, 0.1) is 18.8 Å². The summed E-state index contributed by atoms with van der Waals surface area (Å²) in [5, 5.41) is 25.0. The van der Waals surface area contributed by atoms with E-state index in [4.69, 9.17) is 0 Å². The number of H-pyrrole nitrogens is 1. The summed E-state index contributed by atoms with van der Waals surface area (Å²) < 4.78 is 1.96. The SMILES string of the molecule is O[C@@H]1CC(c2ncn[nH]2)C[C@@H]1CNCc1cnn(Cc2ccccc2)c1. The van der Waals surface area contributed by atoms with Gasteiger partial charge in [-0.3, -0.25) is 9.78 Å². The monoisotopic (exact) mass is 352 g/mol. The molecule has 1 unspecified atom stereocenters. The van der Waals surface area contributed by atoms with Crippen molar-refractivity contribution >= 4 is 0 Å². The molecule has 0 amide bonds. The van der Waals surface area contributed by atoms with Crippen LogP contribution >= 0.6 is 0 Å². The Morgan fingerprint density at radius 1 is 1.19 bits per heavy atom. The molecule has 1 fully saturated rings. The molecule has 2 heterocycles. The minimum absolute atomic E-state index is 0.240. The number of benzene rings is 1. The third-order valence-corrected chi connectivity index (χ3v) is 5.09. The van der Waals surface area contributed by atoms with Crippen LogP contribution in [0.15, 0.2) is 49.1 Å². The van der Waals surface area contributed by atoms with E-state index in [1.165, 1.54) is 11.9 Å². The van der Waals surface area contributed by atoms with Gasteiger partial charge in [0, 0.05) is 30.8 Å². The summed E-state index contributed by atoms with van der Waals surface area (Å²) in [6.07, 6.45) is 6.88. The Balaban J connectivity index is 1.25. The van der Waals surface area contributed by atoms with Gasteiger partial charge in [0.2, 0.25) is 0 Å².